The van der Waals surface area contributed by atoms with Crippen molar-refractivity contribution >= 4 is 0 Å². The zero-order valence-corrected chi connectivity index (χ0v) is 7.38. The minimum atomic E-state index is -5.51. The topological polar surface area (TPSA) is 26.0 Å². The average Bonchev–Trinajstić information content (AvgIpc) is 1.84. The van der Waals surface area contributed by atoms with Gasteiger partial charge in [0.1, 0.15) is 0 Å². The van der Waals surface area contributed by atoms with Gasteiger partial charge in [-0.15, -0.1) is 0 Å². The molecular formula is C7H12F5N. The standard InChI is InChI=1S/C7H12F5N/c1-5(2,3-4-13)6(8,9)7(10,11)12/h3-4,13H2,1-2H3. The van der Waals surface area contributed by atoms with E-state index >= 15 is 0 Å². The Balaban J connectivity index is 4.81. The third kappa shape index (κ3) is 2.30. The third-order valence-corrected chi connectivity index (χ3v) is 1.98. The van der Waals surface area contributed by atoms with Gasteiger partial charge in [-0.1, -0.05) is 13.8 Å². The number of alkyl halides is 5. The lowest BCUT2D eigenvalue weighted by molar-refractivity contribution is -0.321. The smallest absolute Gasteiger partial charge is 0.330 e. The number of nitrogens with two attached hydrogens (primary N) is 1. The molecule has 13 heavy (non-hydrogen) atoms. The average molecular weight is 205 g/mol. The third-order valence-electron chi connectivity index (χ3n) is 1.98. The molecule has 0 aromatic rings. The highest BCUT2D eigenvalue weighted by atomic mass is 19.4. The van der Waals surface area contributed by atoms with Crippen LogP contribution in [0.25, 0.3) is 0 Å². The molecule has 0 atom stereocenters. The first-order chi connectivity index (χ1) is 5.56. The summed E-state index contributed by atoms with van der Waals surface area (Å²) in [4.78, 5) is 0. The van der Waals surface area contributed by atoms with Crippen LogP contribution in [0, 0.1) is 5.41 Å². The van der Waals surface area contributed by atoms with Gasteiger partial charge in [-0.3, -0.25) is 0 Å². The summed E-state index contributed by atoms with van der Waals surface area (Å²) in [6.45, 7) is 1.51. The summed E-state index contributed by atoms with van der Waals surface area (Å²) in [5.74, 6) is -4.70. The monoisotopic (exact) mass is 205 g/mol. The van der Waals surface area contributed by atoms with E-state index in [0.29, 0.717) is 0 Å². The van der Waals surface area contributed by atoms with E-state index in [1.54, 1.807) is 0 Å². The Morgan fingerprint density at radius 2 is 1.38 bits per heavy atom. The van der Waals surface area contributed by atoms with Crippen LogP contribution in [0.1, 0.15) is 20.3 Å². The molecule has 0 spiro atoms. The fourth-order valence-corrected chi connectivity index (χ4v) is 0.902. The van der Waals surface area contributed by atoms with Crippen LogP contribution in [0.2, 0.25) is 0 Å². The van der Waals surface area contributed by atoms with E-state index in [9.17, 15) is 22.0 Å². The number of hydrogen-bond acceptors (Lipinski definition) is 1. The van der Waals surface area contributed by atoms with Crippen LogP contribution < -0.4 is 5.73 Å². The van der Waals surface area contributed by atoms with Gasteiger partial charge in [0.15, 0.2) is 0 Å². The van der Waals surface area contributed by atoms with Gasteiger partial charge < -0.3 is 5.73 Å². The van der Waals surface area contributed by atoms with Crippen molar-refractivity contribution in [3.05, 3.63) is 0 Å². The molecule has 0 unspecified atom stereocenters. The molecule has 0 bridgehead atoms. The molecule has 0 rings (SSSR count). The van der Waals surface area contributed by atoms with Gasteiger partial charge in [0.2, 0.25) is 0 Å². The zero-order valence-electron chi connectivity index (χ0n) is 7.38. The largest absolute Gasteiger partial charge is 0.453 e. The maximum absolute atomic E-state index is 12.7. The fraction of sp³-hybridized carbons (Fsp3) is 1.00. The van der Waals surface area contributed by atoms with Gasteiger partial charge in [0.25, 0.3) is 0 Å². The highest BCUT2D eigenvalue weighted by Gasteiger charge is 2.65. The fourth-order valence-electron chi connectivity index (χ4n) is 0.902. The van der Waals surface area contributed by atoms with Crippen LogP contribution >= 0.6 is 0 Å². The highest BCUT2D eigenvalue weighted by molar-refractivity contribution is 4.91. The molecule has 0 saturated heterocycles. The number of halogens is 5. The zero-order chi connectivity index (χ0) is 10.9. The van der Waals surface area contributed by atoms with Crippen LogP contribution in [-0.2, 0) is 0 Å². The van der Waals surface area contributed by atoms with Gasteiger partial charge in [-0.2, -0.15) is 22.0 Å². The quantitative estimate of drug-likeness (QED) is 0.704. The first kappa shape index (κ1) is 12.6. The molecule has 0 aromatic carbocycles. The molecule has 0 aliphatic rings. The molecule has 0 fully saturated rings. The summed E-state index contributed by atoms with van der Waals surface area (Å²) in [7, 11) is 0. The Labute approximate surface area is 73.1 Å². The molecule has 1 nitrogen and oxygen atoms in total. The normalized spacial score (nSPS) is 14.8. The Morgan fingerprint density at radius 1 is 1.00 bits per heavy atom. The lowest BCUT2D eigenvalue weighted by Gasteiger charge is -2.34. The first-order valence-electron chi connectivity index (χ1n) is 3.71. The second-order valence-corrected chi connectivity index (χ2v) is 3.49. The minimum absolute atomic E-state index is 0.196. The maximum Gasteiger partial charge on any atom is 0.453 e. The summed E-state index contributed by atoms with van der Waals surface area (Å²) >= 11 is 0. The predicted molar refractivity (Wildman–Crippen MR) is 38.5 cm³/mol. The van der Waals surface area contributed by atoms with E-state index in [1.165, 1.54) is 0 Å². The van der Waals surface area contributed by atoms with Crippen molar-refractivity contribution in [1.29, 1.82) is 0 Å². The Morgan fingerprint density at radius 3 is 1.62 bits per heavy atom. The second kappa shape index (κ2) is 3.40. The predicted octanol–water partition coefficient (Wildman–Crippen LogP) is 2.56. The van der Waals surface area contributed by atoms with E-state index in [-0.39, 0.29) is 13.0 Å². The lowest BCUT2D eigenvalue weighted by Crippen LogP contribution is -2.49. The molecule has 2 N–H and O–H groups in total. The molecule has 0 aliphatic carbocycles. The van der Waals surface area contributed by atoms with Crippen molar-refractivity contribution < 1.29 is 22.0 Å². The van der Waals surface area contributed by atoms with Crippen molar-refractivity contribution in [3.63, 3.8) is 0 Å². The number of rotatable bonds is 3. The minimum Gasteiger partial charge on any atom is -0.330 e. The molecule has 0 amide bonds. The molecule has 0 heterocycles. The van der Waals surface area contributed by atoms with Gasteiger partial charge in [-0.05, 0) is 13.0 Å². The molecule has 6 heteroatoms. The maximum atomic E-state index is 12.7. The Kier molecular flexibility index (Phi) is 3.30. The Hall–Kier alpha value is -0.390. The molecule has 0 radical (unpaired) electrons. The van der Waals surface area contributed by atoms with Crippen LogP contribution in [-0.4, -0.2) is 18.6 Å². The van der Waals surface area contributed by atoms with E-state index in [1.807, 2.05) is 0 Å². The van der Waals surface area contributed by atoms with Crippen molar-refractivity contribution in [1.82, 2.24) is 0 Å². The number of hydrogen-bond donors (Lipinski definition) is 1. The van der Waals surface area contributed by atoms with E-state index in [2.05, 4.69) is 0 Å². The van der Waals surface area contributed by atoms with Crippen LogP contribution in [0.15, 0.2) is 0 Å². The molecular weight excluding hydrogens is 193 g/mol. The van der Waals surface area contributed by atoms with E-state index < -0.39 is 17.5 Å². The molecule has 0 aliphatic heterocycles. The van der Waals surface area contributed by atoms with E-state index in [4.69, 9.17) is 5.73 Å². The SMILES string of the molecule is CC(C)(CCN)C(F)(F)C(F)(F)F. The van der Waals surface area contributed by atoms with Crippen molar-refractivity contribution in [2.75, 3.05) is 6.54 Å². The molecule has 0 aromatic heterocycles. The van der Waals surface area contributed by atoms with Gasteiger partial charge in [-0.25, -0.2) is 0 Å². The van der Waals surface area contributed by atoms with Gasteiger partial charge >= 0.3 is 12.1 Å². The summed E-state index contributed by atoms with van der Waals surface area (Å²) in [6, 6.07) is 0. The van der Waals surface area contributed by atoms with Crippen molar-refractivity contribution in [3.8, 4) is 0 Å². The molecule has 80 valence electrons. The Bertz CT molecular complexity index is 172. The summed E-state index contributed by atoms with van der Waals surface area (Å²) < 4.78 is 61.0. The van der Waals surface area contributed by atoms with E-state index in [0.717, 1.165) is 13.8 Å². The summed E-state index contributed by atoms with van der Waals surface area (Å²) in [5.41, 5.74) is 2.80. The van der Waals surface area contributed by atoms with Gasteiger partial charge in [0, 0.05) is 5.41 Å². The summed E-state index contributed by atoms with van der Waals surface area (Å²) in [6.07, 6.45) is -5.88. The second-order valence-electron chi connectivity index (χ2n) is 3.49. The van der Waals surface area contributed by atoms with Gasteiger partial charge in [0.05, 0.1) is 0 Å². The van der Waals surface area contributed by atoms with Crippen LogP contribution in [0.3, 0.4) is 0 Å². The van der Waals surface area contributed by atoms with Crippen LogP contribution in [0.4, 0.5) is 22.0 Å². The first-order valence-corrected chi connectivity index (χ1v) is 3.71. The van der Waals surface area contributed by atoms with Crippen molar-refractivity contribution in [2.45, 2.75) is 32.4 Å². The molecule has 0 saturated carbocycles. The summed E-state index contributed by atoms with van der Waals surface area (Å²) in [5, 5.41) is 0. The lowest BCUT2D eigenvalue weighted by atomic mass is 9.82. The highest BCUT2D eigenvalue weighted by Crippen LogP contribution is 2.49. The van der Waals surface area contributed by atoms with Crippen LogP contribution in [0.5, 0.6) is 0 Å². The van der Waals surface area contributed by atoms with Crippen molar-refractivity contribution in [2.24, 2.45) is 11.1 Å².